The van der Waals surface area contributed by atoms with Gasteiger partial charge in [0, 0.05) is 24.4 Å². The molecule has 8 nitrogen and oxygen atoms in total. The molecule has 0 radical (unpaired) electrons. The van der Waals surface area contributed by atoms with Crippen LogP contribution in [0.2, 0.25) is 0 Å². The molecular formula is C23H29N3O5. The van der Waals surface area contributed by atoms with Gasteiger partial charge in [0.25, 0.3) is 0 Å². The van der Waals surface area contributed by atoms with Crippen LogP contribution < -0.4 is 15.4 Å². The average Bonchev–Trinajstić information content (AvgIpc) is 3.14. The zero-order valence-electron chi connectivity index (χ0n) is 18.6. The summed E-state index contributed by atoms with van der Waals surface area (Å²) in [7, 11) is 3.55. The normalized spacial score (nSPS) is 16.2. The lowest BCUT2D eigenvalue weighted by molar-refractivity contribution is -0.139. The van der Waals surface area contributed by atoms with Crippen molar-refractivity contribution in [2.24, 2.45) is 0 Å². The maximum atomic E-state index is 12.8. The molecular weight excluding hydrogens is 398 g/mol. The number of ether oxygens (including phenoxy) is 2. The minimum Gasteiger partial charge on any atom is -0.496 e. The van der Waals surface area contributed by atoms with Gasteiger partial charge in [-0.15, -0.1) is 0 Å². The summed E-state index contributed by atoms with van der Waals surface area (Å²) in [6.45, 7) is 6.70. The summed E-state index contributed by atoms with van der Waals surface area (Å²) < 4.78 is 16.5. The fourth-order valence-corrected chi connectivity index (χ4v) is 3.66. The fourth-order valence-electron chi connectivity index (χ4n) is 3.66. The summed E-state index contributed by atoms with van der Waals surface area (Å²) in [5.41, 5.74) is 2.95. The molecule has 0 saturated carbocycles. The molecule has 1 atom stereocenters. The standard InChI is InChI=1S/C23H29N3O5/c1-6-30-22(27)20-17(24-23(28)25-21(20)19-10-8-15(3)31-19)13-26(4)12-16-11-14(2)7-9-18(16)29-5/h7-11,21H,6,12-13H2,1-5H3,(H2,24,25,28). The second kappa shape index (κ2) is 9.70. The first-order valence-electron chi connectivity index (χ1n) is 10.2. The van der Waals surface area contributed by atoms with Crippen LogP contribution in [0.3, 0.4) is 0 Å². The highest BCUT2D eigenvalue weighted by atomic mass is 16.5. The number of esters is 1. The van der Waals surface area contributed by atoms with Gasteiger partial charge in [-0.1, -0.05) is 17.7 Å². The molecule has 31 heavy (non-hydrogen) atoms. The van der Waals surface area contributed by atoms with Gasteiger partial charge in [0.1, 0.15) is 23.3 Å². The van der Waals surface area contributed by atoms with Gasteiger partial charge < -0.3 is 24.5 Å². The van der Waals surface area contributed by atoms with Crippen molar-refractivity contribution in [3.05, 3.63) is 64.2 Å². The Kier molecular flexibility index (Phi) is 7.02. The third-order valence-electron chi connectivity index (χ3n) is 5.00. The van der Waals surface area contributed by atoms with E-state index in [1.54, 1.807) is 26.2 Å². The quantitative estimate of drug-likeness (QED) is 0.629. The van der Waals surface area contributed by atoms with Gasteiger partial charge in [-0.25, -0.2) is 9.59 Å². The monoisotopic (exact) mass is 427 g/mol. The molecule has 1 aliphatic heterocycles. The third kappa shape index (κ3) is 5.27. The van der Waals surface area contributed by atoms with Gasteiger partial charge in [-0.2, -0.15) is 0 Å². The molecule has 1 unspecified atom stereocenters. The first-order chi connectivity index (χ1) is 14.8. The Bertz CT molecular complexity index is 995. The molecule has 0 aliphatic carbocycles. The molecule has 0 saturated heterocycles. The van der Waals surface area contributed by atoms with E-state index in [9.17, 15) is 9.59 Å². The van der Waals surface area contributed by atoms with Crippen LogP contribution in [0.25, 0.3) is 0 Å². The van der Waals surface area contributed by atoms with Crippen LogP contribution in [0.1, 0.15) is 35.6 Å². The summed E-state index contributed by atoms with van der Waals surface area (Å²) >= 11 is 0. The molecule has 1 aliphatic rings. The lowest BCUT2D eigenvalue weighted by Crippen LogP contribution is -2.48. The van der Waals surface area contributed by atoms with Gasteiger partial charge in [0.2, 0.25) is 0 Å². The van der Waals surface area contributed by atoms with Gasteiger partial charge >= 0.3 is 12.0 Å². The van der Waals surface area contributed by atoms with E-state index in [2.05, 4.69) is 16.7 Å². The van der Waals surface area contributed by atoms with Crippen LogP contribution in [-0.2, 0) is 16.1 Å². The number of hydrogen-bond acceptors (Lipinski definition) is 6. The number of carbonyl (C=O) groups excluding carboxylic acids is 2. The van der Waals surface area contributed by atoms with E-state index < -0.39 is 18.0 Å². The fraction of sp³-hybridized carbons (Fsp3) is 0.391. The summed E-state index contributed by atoms with van der Waals surface area (Å²) in [5, 5.41) is 5.56. The van der Waals surface area contributed by atoms with Crippen molar-refractivity contribution in [1.29, 1.82) is 0 Å². The molecule has 166 valence electrons. The average molecular weight is 428 g/mol. The lowest BCUT2D eigenvalue weighted by atomic mass is 9.99. The van der Waals surface area contributed by atoms with Crippen molar-refractivity contribution in [3.8, 4) is 5.75 Å². The summed E-state index contributed by atoms with van der Waals surface area (Å²) in [6.07, 6.45) is 0. The largest absolute Gasteiger partial charge is 0.496 e. The van der Waals surface area contributed by atoms with E-state index in [0.29, 0.717) is 35.9 Å². The molecule has 1 aromatic heterocycles. The Hall–Kier alpha value is -3.26. The van der Waals surface area contributed by atoms with E-state index in [0.717, 1.165) is 16.9 Å². The highest BCUT2D eigenvalue weighted by Gasteiger charge is 2.35. The Labute approximate surface area is 182 Å². The number of aryl methyl sites for hydroxylation is 2. The molecule has 2 N–H and O–H groups in total. The number of carbonyl (C=O) groups is 2. The Morgan fingerprint density at radius 2 is 1.97 bits per heavy atom. The van der Waals surface area contributed by atoms with Crippen LogP contribution in [0.5, 0.6) is 5.75 Å². The minimum atomic E-state index is -0.724. The highest BCUT2D eigenvalue weighted by molar-refractivity contribution is 5.95. The predicted molar refractivity (Wildman–Crippen MR) is 116 cm³/mol. The number of likely N-dealkylation sites (N-methyl/N-ethyl adjacent to an activating group) is 1. The number of nitrogens with one attached hydrogen (secondary N) is 2. The number of amides is 2. The van der Waals surface area contributed by atoms with Gasteiger partial charge in [-0.3, -0.25) is 4.90 Å². The topological polar surface area (TPSA) is 93.0 Å². The second-order valence-corrected chi connectivity index (χ2v) is 7.58. The Morgan fingerprint density at radius 3 is 2.61 bits per heavy atom. The number of urea groups is 1. The number of benzene rings is 1. The summed E-state index contributed by atoms with van der Waals surface area (Å²) in [5.74, 6) is 1.47. The lowest BCUT2D eigenvalue weighted by Gasteiger charge is -2.30. The van der Waals surface area contributed by atoms with Gasteiger partial charge in [-0.05, 0) is 46.0 Å². The van der Waals surface area contributed by atoms with Crippen LogP contribution in [0.4, 0.5) is 4.79 Å². The number of furan rings is 1. The summed E-state index contributed by atoms with van der Waals surface area (Å²) in [6, 6.07) is 8.41. The number of hydrogen-bond donors (Lipinski definition) is 2. The molecule has 2 heterocycles. The minimum absolute atomic E-state index is 0.226. The van der Waals surface area contributed by atoms with Gasteiger partial charge in [0.05, 0.1) is 19.3 Å². The SMILES string of the molecule is CCOC(=O)C1=C(CN(C)Cc2cc(C)ccc2OC)NC(=O)NC1c1ccc(C)o1. The van der Waals surface area contributed by atoms with Crippen molar-refractivity contribution in [1.82, 2.24) is 15.5 Å². The molecule has 2 aromatic rings. The second-order valence-electron chi connectivity index (χ2n) is 7.58. The first kappa shape index (κ1) is 22.4. The van der Waals surface area contributed by atoms with Crippen LogP contribution >= 0.6 is 0 Å². The third-order valence-corrected chi connectivity index (χ3v) is 5.00. The smallest absolute Gasteiger partial charge is 0.338 e. The Morgan fingerprint density at radius 1 is 1.19 bits per heavy atom. The molecule has 0 bridgehead atoms. The van der Waals surface area contributed by atoms with E-state index in [1.165, 1.54) is 0 Å². The predicted octanol–water partition coefficient (Wildman–Crippen LogP) is 3.21. The number of nitrogens with zero attached hydrogens (tertiary/aromatic N) is 1. The van der Waals surface area contributed by atoms with Crippen LogP contribution in [0, 0.1) is 13.8 Å². The van der Waals surface area contributed by atoms with Crippen molar-refractivity contribution in [2.75, 3.05) is 27.3 Å². The van der Waals surface area contributed by atoms with Crippen LogP contribution in [0.15, 0.2) is 46.0 Å². The highest BCUT2D eigenvalue weighted by Crippen LogP contribution is 2.30. The zero-order chi connectivity index (χ0) is 22.5. The van der Waals surface area contributed by atoms with E-state index >= 15 is 0 Å². The molecule has 0 fully saturated rings. The van der Waals surface area contributed by atoms with Crippen molar-refractivity contribution < 1.29 is 23.5 Å². The summed E-state index contributed by atoms with van der Waals surface area (Å²) in [4.78, 5) is 27.2. The maximum absolute atomic E-state index is 12.8. The molecule has 2 amide bonds. The molecule has 3 rings (SSSR count). The van der Waals surface area contributed by atoms with Crippen LogP contribution in [-0.4, -0.2) is 44.2 Å². The van der Waals surface area contributed by atoms with Crippen molar-refractivity contribution in [2.45, 2.75) is 33.4 Å². The molecule has 8 heteroatoms. The van der Waals surface area contributed by atoms with Crippen molar-refractivity contribution >= 4 is 12.0 Å². The maximum Gasteiger partial charge on any atom is 0.338 e. The van der Waals surface area contributed by atoms with E-state index in [-0.39, 0.29) is 6.61 Å². The van der Waals surface area contributed by atoms with E-state index in [4.69, 9.17) is 13.9 Å². The Balaban J connectivity index is 1.93. The first-order valence-corrected chi connectivity index (χ1v) is 10.2. The van der Waals surface area contributed by atoms with E-state index in [1.807, 2.05) is 37.9 Å². The molecule has 0 spiro atoms. The zero-order valence-corrected chi connectivity index (χ0v) is 18.6. The number of methoxy groups -OCH3 is 1. The van der Waals surface area contributed by atoms with Gasteiger partial charge in [0.15, 0.2) is 0 Å². The molecule has 1 aromatic carbocycles. The number of rotatable bonds is 8. The van der Waals surface area contributed by atoms with Crippen molar-refractivity contribution in [3.63, 3.8) is 0 Å².